The maximum Gasteiger partial charge on any atom is 0.226 e. The lowest BCUT2D eigenvalue weighted by atomic mass is 9.96. The first-order valence-electron chi connectivity index (χ1n) is 5.37. The van der Waals surface area contributed by atoms with E-state index in [0.29, 0.717) is 24.1 Å². The van der Waals surface area contributed by atoms with E-state index in [4.69, 9.17) is 5.26 Å². The van der Waals surface area contributed by atoms with Gasteiger partial charge in [-0.25, -0.2) is 9.97 Å². The summed E-state index contributed by atoms with van der Waals surface area (Å²) in [6, 6.07) is 3.56. The van der Waals surface area contributed by atoms with E-state index in [1.54, 1.807) is 12.3 Å². The van der Waals surface area contributed by atoms with Crippen molar-refractivity contribution in [1.29, 1.82) is 5.26 Å². The zero-order valence-electron chi connectivity index (χ0n) is 9.17. The fraction of sp³-hybridized carbons (Fsp3) is 0.545. The molecule has 0 bridgehead atoms. The summed E-state index contributed by atoms with van der Waals surface area (Å²) in [5.74, 6) is 0.848. The Morgan fingerprint density at radius 2 is 2.44 bits per heavy atom. The molecule has 2 heterocycles. The topological polar surface area (TPSA) is 73.0 Å². The van der Waals surface area contributed by atoms with Gasteiger partial charge in [0, 0.05) is 19.3 Å². The lowest BCUT2D eigenvalue weighted by molar-refractivity contribution is 0.102. The largest absolute Gasteiger partial charge is 0.391 e. The number of nitriles is 1. The van der Waals surface area contributed by atoms with Gasteiger partial charge in [0.25, 0.3) is 0 Å². The van der Waals surface area contributed by atoms with Gasteiger partial charge < -0.3 is 10.0 Å². The number of hydrogen-bond donors (Lipinski definition) is 1. The molecule has 5 nitrogen and oxygen atoms in total. The summed E-state index contributed by atoms with van der Waals surface area (Å²) in [4.78, 5) is 10.2. The van der Waals surface area contributed by atoms with Gasteiger partial charge in [-0.05, 0) is 18.4 Å². The summed E-state index contributed by atoms with van der Waals surface area (Å²) in [6.07, 6.45) is 2.15. The number of rotatable bonds is 1. The highest BCUT2D eigenvalue weighted by Crippen LogP contribution is 2.20. The van der Waals surface area contributed by atoms with Gasteiger partial charge in [0.1, 0.15) is 11.8 Å². The highest BCUT2D eigenvalue weighted by atomic mass is 16.3. The molecule has 5 heteroatoms. The van der Waals surface area contributed by atoms with Gasteiger partial charge in [-0.3, -0.25) is 0 Å². The van der Waals surface area contributed by atoms with Crippen molar-refractivity contribution in [2.45, 2.75) is 19.4 Å². The Morgan fingerprint density at radius 1 is 1.62 bits per heavy atom. The molecule has 0 radical (unpaired) electrons. The van der Waals surface area contributed by atoms with Gasteiger partial charge in [-0.1, -0.05) is 6.92 Å². The number of hydrogen-bond acceptors (Lipinski definition) is 5. The Kier molecular flexibility index (Phi) is 3.02. The van der Waals surface area contributed by atoms with Crippen LogP contribution in [0, 0.1) is 17.2 Å². The van der Waals surface area contributed by atoms with Crippen LogP contribution in [0.15, 0.2) is 12.3 Å². The summed E-state index contributed by atoms with van der Waals surface area (Å²) in [7, 11) is 0. The van der Waals surface area contributed by atoms with Crippen LogP contribution in [-0.4, -0.2) is 34.3 Å². The lowest BCUT2D eigenvalue weighted by Crippen LogP contribution is -2.43. The van der Waals surface area contributed by atoms with Crippen molar-refractivity contribution in [3.63, 3.8) is 0 Å². The molecule has 16 heavy (non-hydrogen) atoms. The minimum atomic E-state index is -0.344. The fourth-order valence-electron chi connectivity index (χ4n) is 1.79. The summed E-state index contributed by atoms with van der Waals surface area (Å²) >= 11 is 0. The van der Waals surface area contributed by atoms with Crippen LogP contribution < -0.4 is 4.90 Å². The molecule has 1 N–H and O–H groups in total. The van der Waals surface area contributed by atoms with E-state index in [2.05, 4.69) is 9.97 Å². The highest BCUT2D eigenvalue weighted by Gasteiger charge is 2.25. The van der Waals surface area contributed by atoms with Crippen molar-refractivity contribution in [2.24, 2.45) is 5.92 Å². The minimum Gasteiger partial charge on any atom is -0.391 e. The van der Waals surface area contributed by atoms with Crippen LogP contribution in [0.1, 0.15) is 19.0 Å². The molecule has 84 valence electrons. The van der Waals surface area contributed by atoms with E-state index in [0.717, 1.165) is 13.0 Å². The van der Waals surface area contributed by atoms with Crippen molar-refractivity contribution in [1.82, 2.24) is 9.97 Å². The van der Waals surface area contributed by atoms with E-state index in [1.807, 2.05) is 17.9 Å². The second-order valence-corrected chi connectivity index (χ2v) is 4.13. The zero-order chi connectivity index (χ0) is 11.5. The monoisotopic (exact) mass is 218 g/mol. The summed E-state index contributed by atoms with van der Waals surface area (Å²) in [5, 5.41) is 18.5. The zero-order valence-corrected chi connectivity index (χ0v) is 9.17. The second-order valence-electron chi connectivity index (χ2n) is 4.13. The maximum absolute atomic E-state index is 9.77. The van der Waals surface area contributed by atoms with Crippen LogP contribution >= 0.6 is 0 Å². The molecular weight excluding hydrogens is 204 g/mol. The van der Waals surface area contributed by atoms with Crippen molar-refractivity contribution >= 4 is 5.95 Å². The molecule has 2 atom stereocenters. The lowest BCUT2D eigenvalue weighted by Gasteiger charge is -2.34. The summed E-state index contributed by atoms with van der Waals surface area (Å²) in [6.45, 7) is 3.40. The van der Waals surface area contributed by atoms with Gasteiger partial charge in [0.05, 0.1) is 6.10 Å². The molecule has 0 aromatic carbocycles. The van der Waals surface area contributed by atoms with Gasteiger partial charge in [-0.15, -0.1) is 0 Å². The van der Waals surface area contributed by atoms with E-state index in [-0.39, 0.29) is 6.10 Å². The number of nitrogens with zero attached hydrogens (tertiary/aromatic N) is 4. The first-order valence-corrected chi connectivity index (χ1v) is 5.37. The molecule has 1 aromatic rings. The van der Waals surface area contributed by atoms with Crippen molar-refractivity contribution in [2.75, 3.05) is 18.0 Å². The van der Waals surface area contributed by atoms with Crippen molar-refractivity contribution in [3.05, 3.63) is 18.0 Å². The maximum atomic E-state index is 9.77. The van der Waals surface area contributed by atoms with Gasteiger partial charge in [0.15, 0.2) is 0 Å². The molecular formula is C11H14N4O. The normalized spacial score (nSPS) is 25.2. The average Bonchev–Trinajstić information content (AvgIpc) is 2.33. The minimum absolute atomic E-state index is 0.315. The van der Waals surface area contributed by atoms with E-state index >= 15 is 0 Å². The average molecular weight is 218 g/mol. The first-order chi connectivity index (χ1) is 7.70. The Hall–Kier alpha value is -1.67. The third-order valence-corrected chi connectivity index (χ3v) is 2.96. The Balaban J connectivity index is 2.16. The Labute approximate surface area is 94.4 Å². The van der Waals surface area contributed by atoms with Crippen LogP contribution in [0.3, 0.4) is 0 Å². The van der Waals surface area contributed by atoms with Crippen LogP contribution in [-0.2, 0) is 0 Å². The van der Waals surface area contributed by atoms with Gasteiger partial charge >= 0.3 is 0 Å². The third-order valence-electron chi connectivity index (χ3n) is 2.96. The Bertz CT molecular complexity index is 415. The Morgan fingerprint density at radius 3 is 3.12 bits per heavy atom. The van der Waals surface area contributed by atoms with E-state index in [9.17, 15) is 5.11 Å². The molecule has 0 saturated carbocycles. The van der Waals surface area contributed by atoms with Crippen molar-refractivity contribution in [3.8, 4) is 6.07 Å². The smallest absolute Gasteiger partial charge is 0.226 e. The number of β-amino-alcohol motifs (C(OH)–C–C–N with tert-alkyl or cyclic N) is 1. The molecule has 1 aromatic heterocycles. The molecule has 1 saturated heterocycles. The van der Waals surface area contributed by atoms with Crippen LogP contribution in [0.4, 0.5) is 5.95 Å². The SMILES string of the molecule is CC1CCN(c2nccc(C#N)n2)CC1O. The van der Waals surface area contributed by atoms with Crippen molar-refractivity contribution < 1.29 is 5.11 Å². The molecule has 0 spiro atoms. The summed E-state index contributed by atoms with van der Waals surface area (Å²) in [5.41, 5.74) is 0.359. The fourth-order valence-corrected chi connectivity index (χ4v) is 1.79. The molecule has 1 aliphatic rings. The number of piperidine rings is 1. The molecule has 2 unspecified atom stereocenters. The number of aromatic nitrogens is 2. The predicted molar refractivity (Wildman–Crippen MR) is 58.7 cm³/mol. The second kappa shape index (κ2) is 4.45. The number of anilines is 1. The van der Waals surface area contributed by atoms with Crippen LogP contribution in [0.25, 0.3) is 0 Å². The predicted octanol–water partition coefficient (Wildman–Crippen LogP) is 0.555. The summed E-state index contributed by atoms with van der Waals surface area (Å²) < 4.78 is 0. The van der Waals surface area contributed by atoms with E-state index in [1.165, 1.54) is 0 Å². The molecule has 1 aliphatic heterocycles. The highest BCUT2D eigenvalue weighted by molar-refractivity contribution is 5.34. The molecule has 1 fully saturated rings. The molecule has 0 amide bonds. The number of aliphatic hydroxyl groups is 1. The number of aliphatic hydroxyl groups excluding tert-OH is 1. The molecule has 2 rings (SSSR count). The van der Waals surface area contributed by atoms with E-state index < -0.39 is 0 Å². The third kappa shape index (κ3) is 2.12. The quantitative estimate of drug-likeness (QED) is 0.745. The van der Waals surface area contributed by atoms with Gasteiger partial charge in [0.2, 0.25) is 5.95 Å². The standard InChI is InChI=1S/C11H14N4O/c1-8-3-5-15(7-10(8)16)11-13-4-2-9(6-12)14-11/h2,4,8,10,16H,3,5,7H2,1H3. The van der Waals surface area contributed by atoms with Crippen LogP contribution in [0.5, 0.6) is 0 Å². The molecule has 0 aliphatic carbocycles. The first kappa shape index (κ1) is 10.8. The van der Waals surface area contributed by atoms with Crippen LogP contribution in [0.2, 0.25) is 0 Å². The van der Waals surface area contributed by atoms with Gasteiger partial charge in [-0.2, -0.15) is 5.26 Å².